The van der Waals surface area contributed by atoms with E-state index >= 15 is 0 Å². The summed E-state index contributed by atoms with van der Waals surface area (Å²) in [6.45, 7) is 6.09. The van der Waals surface area contributed by atoms with Crippen LogP contribution in [0.1, 0.15) is 94.2 Å². The average molecular weight is 627 g/mol. The van der Waals surface area contributed by atoms with Gasteiger partial charge in [-0.1, -0.05) is 106 Å². The van der Waals surface area contributed by atoms with Crippen molar-refractivity contribution >= 4 is 17.0 Å². The predicted molar refractivity (Wildman–Crippen MR) is 189 cm³/mol. The molecule has 1 amide bonds. The highest BCUT2D eigenvalue weighted by atomic mass is 32.2. The molecule has 1 saturated heterocycles. The smallest absolute Gasteiger partial charge is 0.287 e. The van der Waals surface area contributed by atoms with Gasteiger partial charge in [-0.15, -0.1) is 0 Å². The van der Waals surface area contributed by atoms with Crippen LogP contribution in [0.5, 0.6) is 5.75 Å². The number of hydrogen-bond donors (Lipinski definition) is 0. The Kier molecular flexibility index (Phi) is 13.3. The van der Waals surface area contributed by atoms with Crippen molar-refractivity contribution in [3.05, 3.63) is 95.6 Å². The first-order valence-electron chi connectivity index (χ1n) is 17.6. The van der Waals surface area contributed by atoms with Gasteiger partial charge in [-0.05, 0) is 110 Å². The molecule has 0 radical (unpaired) electrons. The van der Waals surface area contributed by atoms with Gasteiger partial charge < -0.3 is 9.64 Å². The van der Waals surface area contributed by atoms with Gasteiger partial charge in [0.15, 0.2) is 0 Å². The van der Waals surface area contributed by atoms with Crippen LogP contribution < -0.4 is 4.74 Å². The molecule has 3 aromatic rings. The van der Waals surface area contributed by atoms with Gasteiger partial charge in [0.1, 0.15) is 5.75 Å². The average Bonchev–Trinajstić information content (AvgIpc) is 3.09. The highest BCUT2D eigenvalue weighted by molar-refractivity contribution is 8.13. The Morgan fingerprint density at radius 3 is 2.18 bits per heavy atom. The number of carbonyl (C=O) groups excluding carboxylic acids is 1. The lowest BCUT2D eigenvalue weighted by Crippen LogP contribution is -2.47. The number of thioether (sulfide) groups is 1. The molecule has 1 aliphatic carbocycles. The van der Waals surface area contributed by atoms with Crippen molar-refractivity contribution in [3.63, 3.8) is 0 Å². The summed E-state index contributed by atoms with van der Waals surface area (Å²) >= 11 is 1.41. The van der Waals surface area contributed by atoms with E-state index in [4.69, 9.17) is 4.74 Å². The Balaban J connectivity index is 1.34. The second kappa shape index (κ2) is 17.8. The zero-order chi connectivity index (χ0) is 31.3. The maximum Gasteiger partial charge on any atom is 0.287 e. The monoisotopic (exact) mass is 626 g/mol. The van der Waals surface area contributed by atoms with Gasteiger partial charge in [0.2, 0.25) is 0 Å². The summed E-state index contributed by atoms with van der Waals surface area (Å²) in [4.78, 5) is 20.2. The van der Waals surface area contributed by atoms with E-state index in [1.807, 2.05) is 18.2 Å². The third-order valence-electron chi connectivity index (χ3n) is 10.1. The lowest BCUT2D eigenvalue weighted by atomic mass is 9.78. The third kappa shape index (κ3) is 10.4. The number of amides is 1. The number of piperidine rings is 1. The van der Waals surface area contributed by atoms with Crippen molar-refractivity contribution in [2.24, 2.45) is 11.8 Å². The first kappa shape index (κ1) is 33.6. The van der Waals surface area contributed by atoms with E-state index < -0.39 is 0 Å². The molecule has 2 aliphatic rings. The number of benzene rings is 3. The molecule has 5 rings (SSSR count). The number of carbonyl (C=O) groups is 1. The Hall–Kier alpha value is -2.76. The SMILES string of the molecule is CCCCCc1ccc(CN(C(=O)Sc2ccccc2)C(CC2CCCCC2)C2CCN(Cc3ccc(OC)cc3)CC2)cc1. The fraction of sp³-hybridized carbons (Fsp3) is 0.525. The van der Waals surface area contributed by atoms with Crippen molar-refractivity contribution in [2.45, 2.75) is 108 Å². The summed E-state index contributed by atoms with van der Waals surface area (Å²) in [7, 11) is 1.72. The molecule has 1 unspecified atom stereocenters. The van der Waals surface area contributed by atoms with Crippen LogP contribution in [0, 0.1) is 11.8 Å². The molecule has 0 N–H and O–H groups in total. The van der Waals surface area contributed by atoms with Gasteiger partial charge in [0.25, 0.3) is 5.24 Å². The van der Waals surface area contributed by atoms with Gasteiger partial charge in [-0.2, -0.15) is 0 Å². The summed E-state index contributed by atoms with van der Waals surface area (Å²) in [6, 6.07) is 28.2. The van der Waals surface area contributed by atoms with E-state index in [9.17, 15) is 4.79 Å². The second-order valence-corrected chi connectivity index (χ2v) is 14.4. The Labute approximate surface area is 276 Å². The number of ether oxygens (including phenoxy) is 1. The molecule has 1 heterocycles. The number of aryl methyl sites for hydroxylation is 1. The summed E-state index contributed by atoms with van der Waals surface area (Å²) in [6.07, 6.45) is 15.0. The van der Waals surface area contributed by atoms with Gasteiger partial charge in [0.05, 0.1) is 7.11 Å². The number of methoxy groups -OCH3 is 1. The summed E-state index contributed by atoms with van der Waals surface area (Å²) < 4.78 is 5.36. The minimum atomic E-state index is 0.203. The summed E-state index contributed by atoms with van der Waals surface area (Å²) in [5.41, 5.74) is 4.00. The highest BCUT2D eigenvalue weighted by Gasteiger charge is 2.35. The van der Waals surface area contributed by atoms with E-state index in [0.29, 0.717) is 12.5 Å². The minimum absolute atomic E-state index is 0.203. The van der Waals surface area contributed by atoms with Crippen LogP contribution in [0.15, 0.2) is 83.8 Å². The quantitative estimate of drug-likeness (QED) is 0.132. The lowest BCUT2D eigenvalue weighted by molar-refractivity contribution is 0.0849. The van der Waals surface area contributed by atoms with Crippen LogP contribution in [0.3, 0.4) is 0 Å². The Bertz CT molecular complexity index is 1270. The van der Waals surface area contributed by atoms with Crippen LogP contribution in [0.4, 0.5) is 4.79 Å². The normalized spacial score (nSPS) is 17.2. The molecule has 242 valence electrons. The molecule has 5 heteroatoms. The molecule has 0 spiro atoms. The highest BCUT2D eigenvalue weighted by Crippen LogP contribution is 2.37. The first-order valence-corrected chi connectivity index (χ1v) is 18.4. The molecule has 1 atom stereocenters. The van der Waals surface area contributed by atoms with Gasteiger partial charge in [0, 0.05) is 24.0 Å². The Morgan fingerprint density at radius 2 is 1.51 bits per heavy atom. The number of unbranched alkanes of at least 4 members (excludes halogenated alkanes) is 2. The molecular formula is C40H54N2O2S. The first-order chi connectivity index (χ1) is 22.1. The molecule has 1 aliphatic heterocycles. The maximum absolute atomic E-state index is 14.3. The fourth-order valence-electron chi connectivity index (χ4n) is 7.38. The molecule has 2 fully saturated rings. The van der Waals surface area contributed by atoms with Gasteiger partial charge in [-0.3, -0.25) is 9.69 Å². The second-order valence-electron chi connectivity index (χ2n) is 13.4. The van der Waals surface area contributed by atoms with Crippen LogP contribution in [-0.2, 0) is 19.5 Å². The van der Waals surface area contributed by atoms with Crippen molar-refractivity contribution in [1.82, 2.24) is 9.80 Å². The number of likely N-dealkylation sites (tertiary alicyclic amines) is 1. The topological polar surface area (TPSA) is 32.8 Å². The summed E-state index contributed by atoms with van der Waals surface area (Å²) in [5, 5.41) is 0.203. The van der Waals surface area contributed by atoms with Crippen molar-refractivity contribution in [1.29, 1.82) is 0 Å². The maximum atomic E-state index is 14.3. The van der Waals surface area contributed by atoms with Crippen molar-refractivity contribution in [3.8, 4) is 5.75 Å². The Morgan fingerprint density at radius 1 is 0.844 bits per heavy atom. The molecule has 0 aromatic heterocycles. The summed E-state index contributed by atoms with van der Waals surface area (Å²) in [5.74, 6) is 2.15. The van der Waals surface area contributed by atoms with E-state index in [0.717, 1.165) is 61.9 Å². The number of nitrogens with zero attached hydrogens (tertiary/aromatic N) is 2. The minimum Gasteiger partial charge on any atom is -0.497 e. The van der Waals surface area contributed by atoms with Crippen LogP contribution in [0.25, 0.3) is 0 Å². The number of hydrogen-bond acceptors (Lipinski definition) is 4. The van der Waals surface area contributed by atoms with E-state index in [-0.39, 0.29) is 11.3 Å². The van der Waals surface area contributed by atoms with Gasteiger partial charge >= 0.3 is 0 Å². The van der Waals surface area contributed by atoms with Crippen molar-refractivity contribution in [2.75, 3.05) is 20.2 Å². The standard InChI is InChI=1S/C40H54N2O2S/c1-3-4-7-12-32-17-19-35(20-18-32)31-42(40(43)45-38-15-10-6-11-16-38)39(29-33-13-8-5-9-14-33)36-25-27-41(28-26-36)30-34-21-23-37(44-2)24-22-34/h6,10-11,15-24,33,36,39H,3-5,7-9,12-14,25-31H2,1-2H3. The van der Waals surface area contributed by atoms with Crippen LogP contribution in [0.2, 0.25) is 0 Å². The molecule has 0 bridgehead atoms. The van der Waals surface area contributed by atoms with E-state index in [1.165, 1.54) is 79.8 Å². The van der Waals surface area contributed by atoms with Gasteiger partial charge in [-0.25, -0.2) is 0 Å². The third-order valence-corrected chi connectivity index (χ3v) is 11.0. The van der Waals surface area contributed by atoms with E-state index in [2.05, 4.69) is 77.4 Å². The zero-order valence-electron chi connectivity index (χ0n) is 27.7. The fourth-order valence-corrected chi connectivity index (χ4v) is 8.19. The largest absolute Gasteiger partial charge is 0.497 e. The predicted octanol–water partition coefficient (Wildman–Crippen LogP) is 10.4. The van der Waals surface area contributed by atoms with Crippen molar-refractivity contribution < 1.29 is 9.53 Å². The molecular weight excluding hydrogens is 573 g/mol. The molecule has 4 nitrogen and oxygen atoms in total. The van der Waals surface area contributed by atoms with Crippen LogP contribution >= 0.6 is 11.8 Å². The number of rotatable bonds is 14. The van der Waals surface area contributed by atoms with E-state index in [1.54, 1.807) is 7.11 Å². The molecule has 1 saturated carbocycles. The lowest BCUT2D eigenvalue weighted by Gasteiger charge is -2.43. The van der Waals surface area contributed by atoms with Crippen LogP contribution in [-0.4, -0.2) is 41.3 Å². The molecule has 3 aromatic carbocycles. The zero-order valence-corrected chi connectivity index (χ0v) is 28.5. The molecule has 45 heavy (non-hydrogen) atoms.